The van der Waals surface area contributed by atoms with E-state index in [9.17, 15) is 4.79 Å². The van der Waals surface area contributed by atoms with Crippen LogP contribution in [0.1, 0.15) is 44.9 Å². The lowest BCUT2D eigenvalue weighted by Gasteiger charge is -2.27. The quantitative estimate of drug-likeness (QED) is 0.798. The van der Waals surface area contributed by atoms with Crippen molar-refractivity contribution >= 4 is 5.78 Å². The highest BCUT2D eigenvalue weighted by atomic mass is 16.5. The minimum absolute atomic E-state index is 0.308. The average Bonchev–Trinajstić information content (AvgIpc) is 2.31. The van der Waals surface area contributed by atoms with Crippen LogP contribution in [0, 0.1) is 11.8 Å². The molecule has 0 amide bonds. The summed E-state index contributed by atoms with van der Waals surface area (Å²) < 4.78 is 5.31. The molecule has 0 atom stereocenters. The van der Waals surface area contributed by atoms with Gasteiger partial charge in [0, 0.05) is 31.6 Å². The van der Waals surface area contributed by atoms with E-state index in [1.54, 1.807) is 0 Å². The van der Waals surface area contributed by atoms with Crippen molar-refractivity contribution in [3.8, 4) is 0 Å². The Morgan fingerprint density at radius 2 is 1.69 bits per heavy atom. The summed E-state index contributed by atoms with van der Waals surface area (Å²) in [5, 5.41) is 0. The Balaban J connectivity index is 1.74. The van der Waals surface area contributed by atoms with Crippen LogP contribution >= 0.6 is 0 Å². The third-order valence-electron chi connectivity index (χ3n) is 4.06. The zero-order valence-electron chi connectivity index (χ0n) is 9.99. The Bertz CT molecular complexity index is 228. The fraction of sp³-hybridized carbons (Fsp3) is 0.923. The molecule has 3 nitrogen and oxygen atoms in total. The zero-order chi connectivity index (χ0) is 11.4. The first kappa shape index (κ1) is 12.1. The minimum atomic E-state index is 0.308. The number of nitrogens with two attached hydrogens (primary N) is 1. The van der Waals surface area contributed by atoms with Gasteiger partial charge in [-0.05, 0) is 44.4 Å². The number of ether oxygens (including phenoxy) is 1. The number of rotatable bonds is 3. The lowest BCUT2D eigenvalue weighted by Crippen LogP contribution is -2.31. The van der Waals surface area contributed by atoms with Crippen LogP contribution in [0.15, 0.2) is 0 Å². The van der Waals surface area contributed by atoms with Gasteiger partial charge in [0.15, 0.2) is 0 Å². The number of hydrogen-bond acceptors (Lipinski definition) is 3. The van der Waals surface area contributed by atoms with Gasteiger partial charge in [-0.2, -0.15) is 0 Å². The average molecular weight is 225 g/mol. The van der Waals surface area contributed by atoms with E-state index < -0.39 is 0 Å². The van der Waals surface area contributed by atoms with Crippen molar-refractivity contribution in [2.45, 2.75) is 51.0 Å². The monoisotopic (exact) mass is 225 g/mol. The van der Waals surface area contributed by atoms with Gasteiger partial charge < -0.3 is 10.5 Å². The highest BCUT2D eigenvalue weighted by molar-refractivity contribution is 5.81. The molecule has 0 radical (unpaired) electrons. The van der Waals surface area contributed by atoms with E-state index in [1.807, 2.05) is 0 Å². The molecule has 0 aromatic heterocycles. The predicted molar refractivity (Wildman–Crippen MR) is 63.1 cm³/mol. The van der Waals surface area contributed by atoms with Crippen LogP contribution < -0.4 is 5.73 Å². The second-order valence-electron chi connectivity index (χ2n) is 5.34. The van der Waals surface area contributed by atoms with Crippen LogP contribution in [0.3, 0.4) is 0 Å². The molecular formula is C13H23NO2. The van der Waals surface area contributed by atoms with Gasteiger partial charge in [-0.1, -0.05) is 0 Å². The summed E-state index contributed by atoms with van der Waals surface area (Å²) in [6, 6.07) is 0.340. The Hall–Kier alpha value is -0.410. The summed E-state index contributed by atoms with van der Waals surface area (Å²) in [7, 11) is 0. The van der Waals surface area contributed by atoms with Crippen LogP contribution in [-0.2, 0) is 9.53 Å². The van der Waals surface area contributed by atoms with Crippen LogP contribution in [0.25, 0.3) is 0 Å². The lowest BCUT2D eigenvalue weighted by molar-refractivity contribution is -0.125. The molecule has 3 heteroatoms. The van der Waals surface area contributed by atoms with Gasteiger partial charge in [0.1, 0.15) is 5.78 Å². The van der Waals surface area contributed by atoms with E-state index in [1.165, 1.54) is 0 Å². The van der Waals surface area contributed by atoms with E-state index in [4.69, 9.17) is 10.5 Å². The van der Waals surface area contributed by atoms with Gasteiger partial charge in [0.05, 0.1) is 0 Å². The fourth-order valence-corrected chi connectivity index (χ4v) is 2.84. The molecule has 0 aromatic rings. The summed E-state index contributed by atoms with van der Waals surface area (Å²) in [6.07, 6.45) is 7.01. The molecule has 0 unspecified atom stereocenters. The van der Waals surface area contributed by atoms with Gasteiger partial charge >= 0.3 is 0 Å². The first-order valence-electron chi connectivity index (χ1n) is 6.61. The zero-order valence-corrected chi connectivity index (χ0v) is 9.99. The van der Waals surface area contributed by atoms with Crippen molar-refractivity contribution in [3.05, 3.63) is 0 Å². The smallest absolute Gasteiger partial charge is 0.136 e. The molecule has 2 aliphatic rings. The minimum Gasteiger partial charge on any atom is -0.381 e. The second kappa shape index (κ2) is 5.78. The van der Waals surface area contributed by atoms with Crippen molar-refractivity contribution in [2.24, 2.45) is 17.6 Å². The lowest BCUT2D eigenvalue weighted by atomic mass is 9.80. The molecule has 2 rings (SSSR count). The van der Waals surface area contributed by atoms with Crippen molar-refractivity contribution in [1.82, 2.24) is 0 Å². The summed E-state index contributed by atoms with van der Waals surface area (Å²) in [5.41, 5.74) is 5.85. The molecule has 0 bridgehead atoms. The topological polar surface area (TPSA) is 52.3 Å². The molecule has 92 valence electrons. The van der Waals surface area contributed by atoms with Gasteiger partial charge in [-0.25, -0.2) is 0 Å². The number of hydrogen-bond donors (Lipinski definition) is 1. The van der Waals surface area contributed by atoms with Gasteiger partial charge in [0.2, 0.25) is 0 Å². The molecule has 1 saturated heterocycles. The summed E-state index contributed by atoms with van der Waals surface area (Å²) >= 11 is 0. The van der Waals surface area contributed by atoms with Crippen LogP contribution in [0.5, 0.6) is 0 Å². The molecule has 0 aromatic carbocycles. The molecule has 1 aliphatic heterocycles. The molecule has 1 aliphatic carbocycles. The first-order valence-corrected chi connectivity index (χ1v) is 6.61. The maximum absolute atomic E-state index is 12.1. The number of carbonyl (C=O) groups is 1. The van der Waals surface area contributed by atoms with Crippen LogP contribution in [0.4, 0.5) is 0 Å². The maximum Gasteiger partial charge on any atom is 0.136 e. The van der Waals surface area contributed by atoms with Gasteiger partial charge in [-0.15, -0.1) is 0 Å². The third kappa shape index (κ3) is 3.29. The summed E-state index contributed by atoms with van der Waals surface area (Å²) in [4.78, 5) is 12.1. The molecule has 1 heterocycles. The first-order chi connectivity index (χ1) is 7.75. The van der Waals surface area contributed by atoms with Gasteiger partial charge in [0.25, 0.3) is 0 Å². The van der Waals surface area contributed by atoms with Crippen molar-refractivity contribution < 1.29 is 9.53 Å². The van der Waals surface area contributed by atoms with Crippen molar-refractivity contribution in [1.29, 1.82) is 0 Å². The number of ketones is 1. The third-order valence-corrected chi connectivity index (χ3v) is 4.06. The van der Waals surface area contributed by atoms with E-state index in [0.29, 0.717) is 23.7 Å². The van der Waals surface area contributed by atoms with E-state index >= 15 is 0 Å². The maximum atomic E-state index is 12.1. The molecule has 16 heavy (non-hydrogen) atoms. The van der Waals surface area contributed by atoms with Gasteiger partial charge in [-0.3, -0.25) is 4.79 Å². The predicted octanol–water partition coefficient (Wildman–Crippen LogP) is 1.89. The van der Waals surface area contributed by atoms with E-state index in [2.05, 4.69) is 0 Å². The number of Topliss-reactive ketones (excluding diaryl/α,β-unsaturated/α-hetero) is 1. The van der Waals surface area contributed by atoms with E-state index in [-0.39, 0.29) is 0 Å². The summed E-state index contributed by atoms with van der Waals surface area (Å²) in [5.74, 6) is 1.37. The van der Waals surface area contributed by atoms with Crippen LogP contribution in [0.2, 0.25) is 0 Å². The Kier molecular flexibility index (Phi) is 4.36. The Morgan fingerprint density at radius 3 is 2.31 bits per heavy atom. The number of carbonyl (C=O) groups excluding carboxylic acids is 1. The second-order valence-corrected chi connectivity index (χ2v) is 5.34. The SMILES string of the molecule is NC1CCC(C(=O)CC2CCOCC2)CC1. The fourth-order valence-electron chi connectivity index (χ4n) is 2.84. The highest BCUT2D eigenvalue weighted by Gasteiger charge is 2.26. The molecular weight excluding hydrogens is 202 g/mol. The molecule has 0 spiro atoms. The standard InChI is InChI=1S/C13H23NO2/c14-12-3-1-11(2-4-12)13(15)9-10-5-7-16-8-6-10/h10-12H,1-9,14H2. The summed E-state index contributed by atoms with van der Waals surface area (Å²) in [6.45, 7) is 1.68. The molecule has 2 N–H and O–H groups in total. The Morgan fingerprint density at radius 1 is 1.06 bits per heavy atom. The normalized spacial score (nSPS) is 32.6. The largest absolute Gasteiger partial charge is 0.381 e. The highest BCUT2D eigenvalue weighted by Crippen LogP contribution is 2.28. The van der Waals surface area contributed by atoms with Crippen molar-refractivity contribution in [3.63, 3.8) is 0 Å². The molecule has 1 saturated carbocycles. The Labute approximate surface area is 97.7 Å². The van der Waals surface area contributed by atoms with E-state index in [0.717, 1.165) is 58.2 Å². The van der Waals surface area contributed by atoms with Crippen LogP contribution in [-0.4, -0.2) is 25.0 Å². The molecule has 2 fully saturated rings. The van der Waals surface area contributed by atoms with Crippen molar-refractivity contribution in [2.75, 3.05) is 13.2 Å².